The van der Waals surface area contributed by atoms with Crippen LogP contribution in [0.4, 0.5) is 0 Å². The lowest BCUT2D eigenvalue weighted by molar-refractivity contribution is -0.130. The van der Waals surface area contributed by atoms with Gasteiger partial charge in [0.15, 0.2) is 5.82 Å². The van der Waals surface area contributed by atoms with E-state index in [9.17, 15) is 4.79 Å². The molecule has 0 spiro atoms. The van der Waals surface area contributed by atoms with Crippen molar-refractivity contribution in [1.82, 2.24) is 14.9 Å². The van der Waals surface area contributed by atoms with E-state index in [0.29, 0.717) is 17.5 Å². The van der Waals surface area contributed by atoms with E-state index in [0.717, 1.165) is 41.0 Å². The molecule has 1 saturated heterocycles. The van der Waals surface area contributed by atoms with Crippen LogP contribution in [0.2, 0.25) is 0 Å². The molecule has 2 aromatic carbocycles. The summed E-state index contributed by atoms with van der Waals surface area (Å²) in [6.45, 7) is 6.04. The van der Waals surface area contributed by atoms with Crippen LogP contribution in [-0.2, 0) is 4.79 Å². The highest BCUT2D eigenvalue weighted by atomic mass is 32.2. The second-order valence-corrected chi connectivity index (χ2v) is 8.58. The number of nitrogens with zero attached hydrogens (tertiary/aromatic N) is 3. The predicted octanol–water partition coefficient (Wildman–Crippen LogP) is 4.96. The van der Waals surface area contributed by atoms with E-state index in [4.69, 9.17) is 9.97 Å². The summed E-state index contributed by atoms with van der Waals surface area (Å²) >= 11 is 1.53. The Labute approximate surface area is 170 Å². The number of fused-ring (bicyclic) bond motifs is 1. The number of aryl methyl sites for hydroxylation is 1. The molecule has 1 aromatic heterocycles. The lowest BCUT2D eigenvalue weighted by Gasteiger charge is -2.30. The van der Waals surface area contributed by atoms with Gasteiger partial charge in [-0.15, -0.1) is 0 Å². The topological polar surface area (TPSA) is 46.1 Å². The summed E-state index contributed by atoms with van der Waals surface area (Å²) in [4.78, 5) is 24.3. The number of amides is 1. The van der Waals surface area contributed by atoms with Gasteiger partial charge in [0.25, 0.3) is 0 Å². The molecule has 1 atom stereocenters. The fourth-order valence-electron chi connectivity index (χ4n) is 3.68. The molecule has 144 valence electrons. The summed E-state index contributed by atoms with van der Waals surface area (Å²) < 4.78 is 0. The van der Waals surface area contributed by atoms with Crippen LogP contribution in [-0.4, -0.2) is 39.6 Å². The minimum Gasteiger partial charge on any atom is -0.342 e. The van der Waals surface area contributed by atoms with Gasteiger partial charge in [0.2, 0.25) is 5.91 Å². The van der Waals surface area contributed by atoms with Gasteiger partial charge in [-0.2, -0.15) is 0 Å². The van der Waals surface area contributed by atoms with E-state index < -0.39 is 0 Å². The summed E-state index contributed by atoms with van der Waals surface area (Å²) in [5, 5.41) is 1.90. The number of hydrogen-bond acceptors (Lipinski definition) is 4. The van der Waals surface area contributed by atoms with Crippen molar-refractivity contribution in [3.05, 3.63) is 54.1 Å². The van der Waals surface area contributed by atoms with Gasteiger partial charge in [-0.25, -0.2) is 9.97 Å². The lowest BCUT2D eigenvalue weighted by Crippen LogP contribution is -2.40. The minimum atomic E-state index is 0.206. The normalized spacial score (nSPS) is 17.1. The highest BCUT2D eigenvalue weighted by Crippen LogP contribution is 2.29. The highest BCUT2D eigenvalue weighted by molar-refractivity contribution is 8.00. The molecule has 28 heavy (non-hydrogen) atoms. The van der Waals surface area contributed by atoms with Crippen molar-refractivity contribution in [3.63, 3.8) is 0 Å². The quantitative estimate of drug-likeness (QED) is 0.466. The van der Waals surface area contributed by atoms with Gasteiger partial charge in [0, 0.05) is 24.0 Å². The van der Waals surface area contributed by atoms with Crippen molar-refractivity contribution >= 4 is 28.6 Å². The van der Waals surface area contributed by atoms with Crippen molar-refractivity contribution < 1.29 is 4.79 Å². The summed E-state index contributed by atoms with van der Waals surface area (Å²) in [7, 11) is 0. The molecule has 0 bridgehead atoms. The molecule has 0 N–H and O–H groups in total. The standard InChI is InChI=1S/C23H25N3OS/c1-16-10-11-20-19(13-16)23(25-22(24-20)18-8-4-3-5-9-18)28-15-21(27)26-12-6-7-17(2)14-26/h3-5,8-11,13,17H,6-7,12,14-15H2,1-2H3/t17-/m0/s1. The Kier molecular flexibility index (Phi) is 5.62. The molecule has 4 rings (SSSR count). The number of rotatable bonds is 4. The zero-order valence-electron chi connectivity index (χ0n) is 16.4. The fourth-order valence-corrected chi connectivity index (χ4v) is 4.59. The predicted molar refractivity (Wildman–Crippen MR) is 115 cm³/mol. The molecule has 0 aliphatic carbocycles. The first-order chi connectivity index (χ1) is 13.6. The molecule has 1 aliphatic rings. The summed E-state index contributed by atoms with van der Waals surface area (Å²) in [5.41, 5.74) is 3.07. The first kappa shape index (κ1) is 18.9. The molecule has 1 fully saturated rings. The molecule has 2 heterocycles. The maximum Gasteiger partial charge on any atom is 0.232 e. The van der Waals surface area contributed by atoms with E-state index in [1.807, 2.05) is 41.3 Å². The van der Waals surface area contributed by atoms with E-state index in [1.165, 1.54) is 23.7 Å². The largest absolute Gasteiger partial charge is 0.342 e. The van der Waals surface area contributed by atoms with E-state index in [-0.39, 0.29) is 5.91 Å². The van der Waals surface area contributed by atoms with Crippen LogP contribution in [0.15, 0.2) is 53.6 Å². The Bertz CT molecular complexity index is 990. The van der Waals surface area contributed by atoms with E-state index >= 15 is 0 Å². The summed E-state index contributed by atoms with van der Waals surface area (Å²) in [6.07, 6.45) is 2.32. The van der Waals surface area contributed by atoms with Crippen molar-refractivity contribution in [2.75, 3.05) is 18.8 Å². The number of likely N-dealkylation sites (tertiary alicyclic amines) is 1. The van der Waals surface area contributed by atoms with Crippen LogP contribution < -0.4 is 0 Å². The number of benzene rings is 2. The molecule has 0 radical (unpaired) electrons. The van der Waals surface area contributed by atoms with Crippen LogP contribution >= 0.6 is 11.8 Å². The molecule has 0 unspecified atom stereocenters. The Morgan fingerprint density at radius 2 is 2.00 bits per heavy atom. The summed E-state index contributed by atoms with van der Waals surface area (Å²) in [5.74, 6) is 1.92. The molecular weight excluding hydrogens is 366 g/mol. The third-order valence-corrected chi connectivity index (χ3v) is 6.17. The van der Waals surface area contributed by atoms with Crippen LogP contribution in [0.1, 0.15) is 25.3 Å². The Hall–Kier alpha value is -2.40. The van der Waals surface area contributed by atoms with Crippen molar-refractivity contribution in [3.8, 4) is 11.4 Å². The first-order valence-corrected chi connectivity index (χ1v) is 10.8. The van der Waals surface area contributed by atoms with Gasteiger partial charge in [-0.3, -0.25) is 4.79 Å². The van der Waals surface area contributed by atoms with Gasteiger partial charge in [-0.1, -0.05) is 60.6 Å². The Morgan fingerprint density at radius 3 is 2.79 bits per heavy atom. The van der Waals surface area contributed by atoms with Crippen LogP contribution in [0.5, 0.6) is 0 Å². The Balaban J connectivity index is 1.63. The molecule has 1 aliphatic heterocycles. The number of hydrogen-bond donors (Lipinski definition) is 0. The monoisotopic (exact) mass is 391 g/mol. The van der Waals surface area contributed by atoms with Crippen molar-refractivity contribution in [1.29, 1.82) is 0 Å². The van der Waals surface area contributed by atoms with E-state index in [2.05, 4.69) is 26.0 Å². The second kappa shape index (κ2) is 8.31. The Morgan fingerprint density at radius 1 is 1.18 bits per heavy atom. The highest BCUT2D eigenvalue weighted by Gasteiger charge is 2.21. The van der Waals surface area contributed by atoms with Gasteiger partial charge in [-0.05, 0) is 37.8 Å². The second-order valence-electron chi connectivity index (χ2n) is 7.61. The average Bonchev–Trinajstić information content (AvgIpc) is 2.72. The maximum atomic E-state index is 12.7. The van der Waals surface area contributed by atoms with Gasteiger partial charge >= 0.3 is 0 Å². The smallest absolute Gasteiger partial charge is 0.232 e. The van der Waals surface area contributed by atoms with Crippen molar-refractivity contribution in [2.24, 2.45) is 5.92 Å². The summed E-state index contributed by atoms with van der Waals surface area (Å²) in [6, 6.07) is 16.2. The minimum absolute atomic E-state index is 0.206. The molecule has 1 amide bonds. The van der Waals surface area contributed by atoms with Crippen LogP contribution in [0.3, 0.4) is 0 Å². The molecule has 0 saturated carbocycles. The number of carbonyl (C=O) groups excluding carboxylic acids is 1. The maximum absolute atomic E-state index is 12.7. The fraction of sp³-hybridized carbons (Fsp3) is 0.348. The molecule has 4 nitrogen and oxygen atoms in total. The zero-order chi connectivity index (χ0) is 19.5. The number of piperidine rings is 1. The first-order valence-electron chi connectivity index (χ1n) is 9.84. The van der Waals surface area contributed by atoms with Crippen molar-refractivity contribution in [2.45, 2.75) is 31.7 Å². The molecule has 3 aromatic rings. The van der Waals surface area contributed by atoms with Crippen LogP contribution in [0.25, 0.3) is 22.3 Å². The average molecular weight is 392 g/mol. The SMILES string of the molecule is Cc1ccc2nc(-c3ccccc3)nc(SCC(=O)N3CCC[C@H](C)C3)c2c1. The van der Waals surface area contributed by atoms with Crippen LogP contribution in [0, 0.1) is 12.8 Å². The van der Waals surface area contributed by atoms with E-state index in [1.54, 1.807) is 0 Å². The zero-order valence-corrected chi connectivity index (χ0v) is 17.2. The third-order valence-electron chi connectivity index (χ3n) is 5.19. The van der Waals surface area contributed by atoms with Gasteiger partial charge < -0.3 is 4.90 Å². The molecule has 5 heteroatoms. The van der Waals surface area contributed by atoms with Gasteiger partial charge in [0.05, 0.1) is 11.3 Å². The van der Waals surface area contributed by atoms with Gasteiger partial charge in [0.1, 0.15) is 5.03 Å². The molecular formula is C23H25N3OS. The lowest BCUT2D eigenvalue weighted by atomic mass is 10.0. The number of thioether (sulfide) groups is 1. The third kappa shape index (κ3) is 4.20. The number of carbonyl (C=O) groups is 1. The number of aromatic nitrogens is 2.